The van der Waals surface area contributed by atoms with Gasteiger partial charge in [0, 0.05) is 13.2 Å². The van der Waals surface area contributed by atoms with E-state index < -0.39 is 0 Å². The van der Waals surface area contributed by atoms with Gasteiger partial charge >= 0.3 is 0 Å². The second-order valence-electron chi connectivity index (χ2n) is 6.60. The molecule has 10 nitrogen and oxygen atoms in total. The molecule has 10 heteroatoms. The zero-order valence-corrected chi connectivity index (χ0v) is 15.2. The maximum Gasteiger partial charge on any atom is 0.263 e. The van der Waals surface area contributed by atoms with Gasteiger partial charge < -0.3 is 19.4 Å². The minimum Gasteiger partial charge on any atom is -0.479 e. The first kappa shape index (κ1) is 17.2. The van der Waals surface area contributed by atoms with Gasteiger partial charge in [-0.05, 0) is 19.1 Å². The summed E-state index contributed by atoms with van der Waals surface area (Å²) in [5.74, 6) is 0.915. The summed E-state index contributed by atoms with van der Waals surface area (Å²) in [7, 11) is 3.19. The topological polar surface area (TPSA) is 109 Å². The molecule has 0 spiro atoms. The van der Waals surface area contributed by atoms with Crippen molar-refractivity contribution in [3.8, 4) is 17.4 Å². The molecule has 140 valence electrons. The molecule has 1 aliphatic rings. The number of pyridine rings is 1. The smallest absolute Gasteiger partial charge is 0.263 e. The number of hydrogen-bond acceptors (Lipinski definition) is 7. The maximum absolute atomic E-state index is 12.6. The van der Waals surface area contributed by atoms with E-state index in [1.165, 1.54) is 11.8 Å². The molecule has 0 aromatic carbocycles. The van der Waals surface area contributed by atoms with Crippen LogP contribution in [0.3, 0.4) is 0 Å². The van der Waals surface area contributed by atoms with E-state index in [0.717, 1.165) is 0 Å². The Morgan fingerprint density at radius 1 is 1.37 bits per heavy atom. The molecule has 4 heterocycles. The number of carbonyl (C=O) groups excluding carboxylic acids is 1. The van der Waals surface area contributed by atoms with E-state index in [9.17, 15) is 4.79 Å². The van der Waals surface area contributed by atoms with Crippen LogP contribution in [-0.2, 0) is 17.3 Å². The number of carbonyl (C=O) groups is 1. The highest BCUT2D eigenvalue weighted by Crippen LogP contribution is 2.30. The number of ether oxygens (including phenoxy) is 2. The maximum atomic E-state index is 12.6. The van der Waals surface area contributed by atoms with Crippen molar-refractivity contribution in [2.45, 2.75) is 12.5 Å². The lowest BCUT2D eigenvalue weighted by atomic mass is 10.00. The minimum absolute atomic E-state index is 0.192. The third kappa shape index (κ3) is 3.04. The minimum atomic E-state index is -0.356. The number of aryl methyl sites for hydroxylation is 1. The van der Waals surface area contributed by atoms with Crippen molar-refractivity contribution in [1.82, 2.24) is 29.5 Å². The molecular formula is C17H19N7O3. The Morgan fingerprint density at radius 2 is 2.19 bits per heavy atom. The van der Waals surface area contributed by atoms with Gasteiger partial charge in [-0.1, -0.05) is 6.07 Å². The lowest BCUT2D eigenvalue weighted by Gasteiger charge is -2.39. The predicted molar refractivity (Wildman–Crippen MR) is 95.4 cm³/mol. The number of nitrogens with one attached hydrogen (secondary N) is 1. The third-order valence-corrected chi connectivity index (χ3v) is 4.41. The van der Waals surface area contributed by atoms with E-state index in [2.05, 4.69) is 32.5 Å². The van der Waals surface area contributed by atoms with Crippen LogP contribution in [0.5, 0.6) is 5.88 Å². The van der Waals surface area contributed by atoms with E-state index in [4.69, 9.17) is 9.47 Å². The number of rotatable bonds is 5. The molecule has 1 aliphatic heterocycles. The quantitative estimate of drug-likeness (QED) is 0.717. The SMILES string of the molecule is COc1nn(C)cc1C(=O)Nc1cccc(-c2nncn2C2(C)COC2)n1. The van der Waals surface area contributed by atoms with Crippen LogP contribution in [0.1, 0.15) is 17.3 Å². The van der Waals surface area contributed by atoms with Gasteiger partial charge in [0.15, 0.2) is 5.82 Å². The van der Waals surface area contributed by atoms with Gasteiger partial charge in [-0.15, -0.1) is 15.3 Å². The summed E-state index contributed by atoms with van der Waals surface area (Å²) in [6.45, 7) is 3.26. The van der Waals surface area contributed by atoms with Gasteiger partial charge in [-0.2, -0.15) is 0 Å². The molecule has 1 fully saturated rings. The average Bonchev–Trinajstić information content (AvgIpc) is 3.26. The highest BCUT2D eigenvalue weighted by molar-refractivity contribution is 6.05. The molecule has 0 bridgehead atoms. The molecule has 27 heavy (non-hydrogen) atoms. The molecule has 0 unspecified atom stereocenters. The van der Waals surface area contributed by atoms with Crippen LogP contribution in [-0.4, -0.2) is 55.8 Å². The monoisotopic (exact) mass is 369 g/mol. The van der Waals surface area contributed by atoms with Crippen molar-refractivity contribution >= 4 is 11.7 Å². The number of amides is 1. The van der Waals surface area contributed by atoms with Crippen molar-refractivity contribution in [3.63, 3.8) is 0 Å². The molecule has 0 radical (unpaired) electrons. The van der Waals surface area contributed by atoms with Crippen molar-refractivity contribution in [3.05, 3.63) is 36.3 Å². The molecule has 4 rings (SSSR count). The van der Waals surface area contributed by atoms with Crippen molar-refractivity contribution in [1.29, 1.82) is 0 Å². The molecule has 3 aromatic heterocycles. The molecule has 3 aromatic rings. The molecule has 0 aliphatic carbocycles. The van der Waals surface area contributed by atoms with Crippen LogP contribution in [0, 0.1) is 0 Å². The summed E-state index contributed by atoms with van der Waals surface area (Å²) in [5, 5.41) is 15.1. The van der Waals surface area contributed by atoms with Crippen LogP contribution in [0.15, 0.2) is 30.7 Å². The van der Waals surface area contributed by atoms with Gasteiger partial charge in [0.05, 0.1) is 25.9 Å². The summed E-state index contributed by atoms with van der Waals surface area (Å²) in [5.41, 5.74) is 0.745. The van der Waals surface area contributed by atoms with Crippen molar-refractivity contribution in [2.24, 2.45) is 7.05 Å². The third-order valence-electron chi connectivity index (χ3n) is 4.41. The Morgan fingerprint density at radius 3 is 2.89 bits per heavy atom. The molecular weight excluding hydrogens is 350 g/mol. The molecule has 1 saturated heterocycles. The zero-order chi connectivity index (χ0) is 19.0. The summed E-state index contributed by atoms with van der Waals surface area (Å²) in [4.78, 5) is 17.1. The zero-order valence-electron chi connectivity index (χ0n) is 15.2. The Labute approximate surface area is 155 Å². The fourth-order valence-electron chi connectivity index (χ4n) is 2.93. The van der Waals surface area contributed by atoms with E-state index in [1.807, 2.05) is 10.6 Å². The lowest BCUT2D eigenvalue weighted by Crippen LogP contribution is -2.49. The number of anilines is 1. The van der Waals surface area contributed by atoms with Gasteiger partial charge in [-0.3, -0.25) is 9.48 Å². The number of aromatic nitrogens is 6. The molecule has 1 N–H and O–H groups in total. The van der Waals surface area contributed by atoms with E-state index >= 15 is 0 Å². The molecule has 1 amide bonds. The van der Waals surface area contributed by atoms with Crippen LogP contribution < -0.4 is 10.1 Å². The standard InChI is InChI=1S/C17H19N7O3/c1-17(8-27-9-17)24-10-18-21-14(24)12-5-4-6-13(19-12)20-15(25)11-7-23(2)22-16(11)26-3/h4-7,10H,8-9H2,1-3H3,(H,19,20,25). The number of nitrogens with zero attached hydrogens (tertiary/aromatic N) is 6. The van der Waals surface area contributed by atoms with Crippen LogP contribution in [0.2, 0.25) is 0 Å². The van der Waals surface area contributed by atoms with Crippen molar-refractivity contribution < 1.29 is 14.3 Å². The highest BCUT2D eigenvalue weighted by atomic mass is 16.5. The average molecular weight is 369 g/mol. The Bertz CT molecular complexity index is 990. The van der Waals surface area contributed by atoms with Crippen LogP contribution in [0.4, 0.5) is 5.82 Å². The normalized spacial score (nSPS) is 15.2. The Kier molecular flexibility index (Phi) is 4.11. The molecule has 0 saturated carbocycles. The van der Waals surface area contributed by atoms with Gasteiger partial charge in [0.25, 0.3) is 5.91 Å². The highest BCUT2D eigenvalue weighted by Gasteiger charge is 2.37. The fraction of sp³-hybridized carbons (Fsp3) is 0.353. The van der Waals surface area contributed by atoms with Crippen LogP contribution >= 0.6 is 0 Å². The predicted octanol–water partition coefficient (Wildman–Crippen LogP) is 1.08. The van der Waals surface area contributed by atoms with E-state index in [0.29, 0.717) is 36.1 Å². The van der Waals surface area contributed by atoms with E-state index in [1.54, 1.807) is 31.7 Å². The second kappa shape index (κ2) is 6.47. The number of hydrogen-bond donors (Lipinski definition) is 1. The first-order chi connectivity index (χ1) is 13.0. The van der Waals surface area contributed by atoms with Crippen LogP contribution in [0.25, 0.3) is 11.5 Å². The summed E-state index contributed by atoms with van der Waals surface area (Å²) < 4.78 is 13.9. The van der Waals surface area contributed by atoms with Gasteiger partial charge in [0.1, 0.15) is 23.4 Å². The number of methoxy groups -OCH3 is 1. The summed E-state index contributed by atoms with van der Waals surface area (Å²) in [6.07, 6.45) is 3.26. The molecule has 0 atom stereocenters. The van der Waals surface area contributed by atoms with E-state index in [-0.39, 0.29) is 17.3 Å². The Balaban J connectivity index is 1.60. The Hall–Kier alpha value is -3.27. The summed E-state index contributed by atoms with van der Waals surface area (Å²) >= 11 is 0. The van der Waals surface area contributed by atoms with Crippen molar-refractivity contribution in [2.75, 3.05) is 25.6 Å². The first-order valence-corrected chi connectivity index (χ1v) is 8.35. The largest absolute Gasteiger partial charge is 0.479 e. The van der Waals surface area contributed by atoms with Gasteiger partial charge in [0.2, 0.25) is 5.88 Å². The van der Waals surface area contributed by atoms with Gasteiger partial charge in [-0.25, -0.2) is 4.98 Å². The fourth-order valence-corrected chi connectivity index (χ4v) is 2.93. The second-order valence-corrected chi connectivity index (χ2v) is 6.60. The first-order valence-electron chi connectivity index (χ1n) is 8.35. The summed E-state index contributed by atoms with van der Waals surface area (Å²) in [6, 6.07) is 5.33. The lowest BCUT2D eigenvalue weighted by molar-refractivity contribution is -0.0890.